The van der Waals surface area contributed by atoms with Crippen LogP contribution in [-0.2, 0) is 6.42 Å². The summed E-state index contributed by atoms with van der Waals surface area (Å²) in [4.78, 5) is 23.6. The van der Waals surface area contributed by atoms with Gasteiger partial charge in [0.15, 0.2) is 11.3 Å². The Morgan fingerprint density at radius 1 is 1.21 bits per heavy atom. The van der Waals surface area contributed by atoms with Gasteiger partial charge in [0, 0.05) is 0 Å². The molecule has 0 atom stereocenters. The van der Waals surface area contributed by atoms with Gasteiger partial charge in [0.2, 0.25) is 11.6 Å². The first-order valence-electron chi connectivity index (χ1n) is 6.08. The maximum absolute atomic E-state index is 11.9. The minimum absolute atomic E-state index is 0.0436. The van der Waals surface area contributed by atoms with Crippen molar-refractivity contribution in [1.29, 1.82) is 0 Å². The van der Waals surface area contributed by atoms with Crippen LogP contribution in [0, 0.1) is 0 Å². The molecule has 0 unspecified atom stereocenters. The van der Waals surface area contributed by atoms with Crippen LogP contribution in [0.25, 0.3) is 11.2 Å². The van der Waals surface area contributed by atoms with Crippen LogP contribution in [0.15, 0.2) is 4.79 Å². The molecule has 2 aromatic heterocycles. The van der Waals surface area contributed by atoms with Crippen molar-refractivity contribution < 1.29 is 5.21 Å². The van der Waals surface area contributed by atoms with Crippen molar-refractivity contribution >= 4 is 22.9 Å². The molecule has 0 bridgehead atoms. The number of hydrogen-bond donors (Lipinski definition) is 3. The Balaban J connectivity index is 2.56. The number of nitrogen functional groups attached to an aromatic ring is 2. The molecule has 0 aliphatic carbocycles. The highest BCUT2D eigenvalue weighted by atomic mass is 16.5. The maximum atomic E-state index is 11.9. The summed E-state index contributed by atoms with van der Waals surface area (Å²) >= 11 is 0. The molecular formula is C11H16N6O2. The van der Waals surface area contributed by atoms with Crippen molar-refractivity contribution in [3.63, 3.8) is 0 Å². The fraction of sp³-hybridized carbons (Fsp3) is 0.455. The molecule has 8 nitrogen and oxygen atoms in total. The largest absolute Gasteiger partial charge is 0.423 e. The molecule has 19 heavy (non-hydrogen) atoms. The molecule has 2 aromatic rings. The first-order valence-corrected chi connectivity index (χ1v) is 6.08. The number of nitrogens with zero attached hydrogens (tertiary/aromatic N) is 4. The van der Waals surface area contributed by atoms with Gasteiger partial charge < -0.3 is 16.7 Å². The van der Waals surface area contributed by atoms with E-state index in [1.165, 1.54) is 0 Å². The van der Waals surface area contributed by atoms with Gasteiger partial charge in [-0.25, -0.2) is 4.98 Å². The molecular weight excluding hydrogens is 248 g/mol. The zero-order valence-corrected chi connectivity index (χ0v) is 10.6. The highest BCUT2D eigenvalue weighted by Gasteiger charge is 2.14. The summed E-state index contributed by atoms with van der Waals surface area (Å²) in [7, 11) is 0. The van der Waals surface area contributed by atoms with Gasteiger partial charge in [0.1, 0.15) is 5.69 Å². The molecule has 0 spiro atoms. The SMILES string of the molecule is CCCCCc1nc2c(N)nc(N)nc2n(O)c1=O. The molecule has 102 valence electrons. The fourth-order valence-electron chi connectivity index (χ4n) is 1.84. The zero-order valence-electron chi connectivity index (χ0n) is 10.6. The number of hydrogen-bond acceptors (Lipinski definition) is 7. The molecule has 5 N–H and O–H groups in total. The molecule has 0 aliphatic heterocycles. The lowest BCUT2D eigenvalue weighted by Gasteiger charge is -2.07. The highest BCUT2D eigenvalue weighted by molar-refractivity contribution is 5.82. The average molecular weight is 264 g/mol. The topological polar surface area (TPSA) is 133 Å². The normalized spacial score (nSPS) is 11.0. The number of rotatable bonds is 4. The van der Waals surface area contributed by atoms with Crippen LogP contribution in [0.1, 0.15) is 31.9 Å². The van der Waals surface area contributed by atoms with E-state index in [1.807, 2.05) is 0 Å². The minimum atomic E-state index is -0.596. The minimum Gasteiger partial charge on any atom is -0.423 e. The van der Waals surface area contributed by atoms with Gasteiger partial charge in [0.05, 0.1) is 0 Å². The predicted octanol–water partition coefficient (Wildman–Crippen LogP) is 0.321. The van der Waals surface area contributed by atoms with Crippen molar-refractivity contribution in [3.8, 4) is 0 Å². The quantitative estimate of drug-likeness (QED) is 0.535. The lowest BCUT2D eigenvalue weighted by Crippen LogP contribution is -2.25. The average Bonchev–Trinajstić information content (AvgIpc) is 2.36. The van der Waals surface area contributed by atoms with Gasteiger partial charge in [-0.15, -0.1) is 4.73 Å². The third-order valence-corrected chi connectivity index (χ3v) is 2.81. The summed E-state index contributed by atoms with van der Waals surface area (Å²) in [5.41, 5.74) is 10.9. The van der Waals surface area contributed by atoms with Crippen molar-refractivity contribution in [2.45, 2.75) is 32.6 Å². The Labute approximate surface area is 109 Å². The third-order valence-electron chi connectivity index (χ3n) is 2.81. The lowest BCUT2D eigenvalue weighted by atomic mass is 10.1. The predicted molar refractivity (Wildman–Crippen MR) is 70.8 cm³/mol. The van der Waals surface area contributed by atoms with Crippen LogP contribution in [-0.4, -0.2) is 24.9 Å². The van der Waals surface area contributed by atoms with E-state index in [-0.39, 0.29) is 28.6 Å². The molecule has 0 saturated heterocycles. The molecule has 8 heteroatoms. The van der Waals surface area contributed by atoms with E-state index >= 15 is 0 Å². The number of unbranched alkanes of at least 4 members (excludes halogenated alkanes) is 2. The van der Waals surface area contributed by atoms with E-state index < -0.39 is 5.56 Å². The maximum Gasteiger partial charge on any atom is 0.306 e. The summed E-state index contributed by atoms with van der Waals surface area (Å²) in [6, 6.07) is 0. The Bertz CT molecular complexity index is 666. The van der Waals surface area contributed by atoms with E-state index in [2.05, 4.69) is 21.9 Å². The summed E-state index contributed by atoms with van der Waals surface area (Å²) in [6.07, 6.45) is 3.31. The number of anilines is 2. The summed E-state index contributed by atoms with van der Waals surface area (Å²) < 4.78 is 0.429. The first kappa shape index (κ1) is 13.1. The van der Waals surface area contributed by atoms with Gasteiger partial charge in [-0.05, 0) is 12.8 Å². The number of fused-ring (bicyclic) bond motifs is 1. The smallest absolute Gasteiger partial charge is 0.306 e. The molecule has 0 saturated carbocycles. The molecule has 0 radical (unpaired) electrons. The zero-order chi connectivity index (χ0) is 14.0. The van der Waals surface area contributed by atoms with Gasteiger partial charge >= 0.3 is 5.56 Å². The number of aryl methyl sites for hydroxylation is 1. The second-order valence-electron chi connectivity index (χ2n) is 4.27. The van der Waals surface area contributed by atoms with Crippen LogP contribution in [0.5, 0.6) is 0 Å². The van der Waals surface area contributed by atoms with E-state index in [4.69, 9.17) is 11.5 Å². The number of aromatic nitrogens is 4. The van der Waals surface area contributed by atoms with E-state index in [1.54, 1.807) is 0 Å². The molecule has 0 fully saturated rings. The van der Waals surface area contributed by atoms with Crippen molar-refractivity contribution in [2.24, 2.45) is 0 Å². The van der Waals surface area contributed by atoms with E-state index in [9.17, 15) is 10.0 Å². The lowest BCUT2D eigenvalue weighted by molar-refractivity contribution is 0.184. The van der Waals surface area contributed by atoms with E-state index in [0.717, 1.165) is 19.3 Å². The van der Waals surface area contributed by atoms with E-state index in [0.29, 0.717) is 11.2 Å². The Hall–Kier alpha value is -2.38. The molecule has 0 aromatic carbocycles. The van der Waals surface area contributed by atoms with Crippen LogP contribution in [0.2, 0.25) is 0 Å². The van der Waals surface area contributed by atoms with Crippen molar-refractivity contribution in [2.75, 3.05) is 11.5 Å². The fourth-order valence-corrected chi connectivity index (χ4v) is 1.84. The Kier molecular flexibility index (Phi) is 3.50. The van der Waals surface area contributed by atoms with Crippen LogP contribution < -0.4 is 17.0 Å². The number of nitrogens with two attached hydrogens (primary N) is 2. The molecule has 0 amide bonds. The van der Waals surface area contributed by atoms with Crippen LogP contribution >= 0.6 is 0 Å². The second kappa shape index (κ2) is 5.09. The molecule has 0 aliphatic rings. The molecule has 2 heterocycles. The first-order chi connectivity index (χ1) is 9.04. The highest BCUT2D eigenvalue weighted by Crippen LogP contribution is 2.15. The van der Waals surface area contributed by atoms with Crippen molar-refractivity contribution in [3.05, 3.63) is 16.0 Å². The van der Waals surface area contributed by atoms with Gasteiger partial charge in [0.25, 0.3) is 0 Å². The van der Waals surface area contributed by atoms with Gasteiger partial charge in [-0.3, -0.25) is 4.79 Å². The van der Waals surface area contributed by atoms with Gasteiger partial charge in [-0.2, -0.15) is 9.97 Å². The summed E-state index contributed by atoms with van der Waals surface area (Å²) in [5.74, 6) is -0.0743. The van der Waals surface area contributed by atoms with Crippen LogP contribution in [0.3, 0.4) is 0 Å². The second-order valence-corrected chi connectivity index (χ2v) is 4.27. The third kappa shape index (κ3) is 2.42. The summed E-state index contributed by atoms with van der Waals surface area (Å²) in [5, 5.41) is 9.81. The van der Waals surface area contributed by atoms with Crippen molar-refractivity contribution in [1.82, 2.24) is 19.7 Å². The van der Waals surface area contributed by atoms with Crippen LogP contribution in [0.4, 0.5) is 11.8 Å². The Morgan fingerprint density at radius 3 is 2.63 bits per heavy atom. The monoisotopic (exact) mass is 264 g/mol. The Morgan fingerprint density at radius 2 is 1.95 bits per heavy atom. The standard InChI is InChI=1S/C11H16N6O2/c1-2-3-4-5-6-10(18)17(19)9-7(14-6)8(12)15-11(13)16-9/h19H,2-5H2,1H3,(H4,12,13,15,16). The summed E-state index contributed by atoms with van der Waals surface area (Å²) in [6.45, 7) is 2.06. The molecule has 2 rings (SSSR count). The van der Waals surface area contributed by atoms with Gasteiger partial charge in [-0.1, -0.05) is 19.8 Å².